The molecular weight excluding hydrogens is 630 g/mol. The first-order valence-electron chi connectivity index (χ1n) is 17.4. The first kappa shape index (κ1) is 32.4. The van der Waals surface area contributed by atoms with Crippen LogP contribution in [-0.2, 0) is 19.5 Å². The van der Waals surface area contributed by atoms with Crippen molar-refractivity contribution in [1.29, 1.82) is 0 Å². The number of oxazole rings is 1. The van der Waals surface area contributed by atoms with E-state index in [0.29, 0.717) is 60.6 Å². The summed E-state index contributed by atoms with van der Waals surface area (Å²) in [6, 6.07) is 20.4. The van der Waals surface area contributed by atoms with Gasteiger partial charge in [0.05, 0.1) is 31.4 Å². The number of aliphatic hydroxyl groups is 2. The lowest BCUT2D eigenvalue weighted by molar-refractivity contribution is 0.173. The predicted octanol–water partition coefficient (Wildman–Crippen LogP) is 6.62. The maximum Gasteiger partial charge on any atom is 0.231 e. The van der Waals surface area contributed by atoms with E-state index in [-0.39, 0.29) is 18.3 Å². The number of benzene rings is 3. The molecule has 0 radical (unpaired) electrons. The number of aliphatic hydroxyl groups excluding tert-OH is 2. The van der Waals surface area contributed by atoms with E-state index in [2.05, 4.69) is 45.8 Å². The van der Waals surface area contributed by atoms with Gasteiger partial charge < -0.3 is 24.1 Å². The minimum Gasteiger partial charge on any atom is -0.481 e. The quantitative estimate of drug-likeness (QED) is 0.167. The zero-order valence-electron chi connectivity index (χ0n) is 28.4. The standard InChI is InChI=1S/C40H41N5O5/c1-24-29(6-4-7-30(24)40-42-35-19-25(18-34(41-2)38(35)50-40)20-44-16-14-27(46)22-44)31-8-5-9-33-32(31)11-12-36(33)49-37-13-10-26(39(43-37)48-3)21-45-17-15-28(47)23-45/h4-10,13,18-19,27-28,36,46-47H,11-12,14-17,20-23H2,1,3H3/t27-,28-,36-/m1/s1. The Morgan fingerprint density at radius 2 is 1.64 bits per heavy atom. The number of likely N-dealkylation sites (tertiary alicyclic amines) is 2. The number of fused-ring (bicyclic) bond motifs is 2. The third-order valence-corrected chi connectivity index (χ3v) is 10.4. The first-order valence-corrected chi connectivity index (χ1v) is 17.4. The van der Waals surface area contributed by atoms with Crippen molar-refractivity contribution in [2.24, 2.45) is 0 Å². The molecule has 256 valence electrons. The SMILES string of the molecule is [C-]#[N+]c1cc(CN2CC[C@@H](O)C2)cc2nc(-c3cccc(-c4cccc5c4CC[C@H]5Oc4ccc(CN5CC[C@@H](O)C5)c(OC)n4)c3C)oc12. The van der Waals surface area contributed by atoms with Crippen LogP contribution in [0.3, 0.4) is 0 Å². The molecule has 2 N–H and O–H groups in total. The van der Waals surface area contributed by atoms with Crippen LogP contribution in [0.15, 0.2) is 65.1 Å². The molecule has 2 aliphatic heterocycles. The Kier molecular flexibility index (Phi) is 8.75. The van der Waals surface area contributed by atoms with Crippen LogP contribution in [0.4, 0.5) is 5.69 Å². The van der Waals surface area contributed by atoms with E-state index in [0.717, 1.165) is 77.7 Å². The minimum atomic E-state index is -0.294. The second-order valence-corrected chi connectivity index (χ2v) is 13.8. The number of rotatable bonds is 9. The van der Waals surface area contributed by atoms with Crippen molar-refractivity contribution in [3.05, 3.63) is 99.9 Å². The van der Waals surface area contributed by atoms with Crippen molar-refractivity contribution in [2.45, 2.75) is 64.0 Å². The van der Waals surface area contributed by atoms with Crippen molar-refractivity contribution in [3.63, 3.8) is 0 Å². The van der Waals surface area contributed by atoms with Crippen LogP contribution in [0, 0.1) is 13.5 Å². The lowest BCUT2D eigenvalue weighted by Gasteiger charge is -2.19. The molecule has 3 aliphatic rings. The monoisotopic (exact) mass is 671 g/mol. The van der Waals surface area contributed by atoms with Crippen molar-refractivity contribution in [2.75, 3.05) is 33.3 Å². The van der Waals surface area contributed by atoms with Crippen LogP contribution in [0.5, 0.6) is 11.8 Å². The van der Waals surface area contributed by atoms with Gasteiger partial charge in [-0.15, -0.1) is 0 Å². The smallest absolute Gasteiger partial charge is 0.231 e. The molecule has 5 aromatic rings. The van der Waals surface area contributed by atoms with E-state index in [1.54, 1.807) is 7.11 Å². The number of hydrogen-bond donors (Lipinski definition) is 2. The summed E-state index contributed by atoms with van der Waals surface area (Å²) in [5.41, 5.74) is 10.2. The molecule has 8 rings (SSSR count). The van der Waals surface area contributed by atoms with Crippen LogP contribution in [-0.4, -0.2) is 75.5 Å². The van der Waals surface area contributed by atoms with Crippen LogP contribution in [0.2, 0.25) is 0 Å². The van der Waals surface area contributed by atoms with Gasteiger partial charge in [-0.05, 0) is 90.3 Å². The summed E-state index contributed by atoms with van der Waals surface area (Å²) in [7, 11) is 1.63. The normalized spacial score (nSPS) is 20.7. The van der Waals surface area contributed by atoms with Gasteiger partial charge in [-0.2, -0.15) is 4.98 Å². The molecule has 10 heteroatoms. The second-order valence-electron chi connectivity index (χ2n) is 13.8. The van der Waals surface area contributed by atoms with Crippen molar-refractivity contribution >= 4 is 16.8 Å². The van der Waals surface area contributed by atoms with E-state index in [1.165, 1.54) is 5.56 Å². The Hall–Kier alpha value is -4.79. The lowest BCUT2D eigenvalue weighted by Crippen LogP contribution is -2.22. The predicted molar refractivity (Wildman–Crippen MR) is 190 cm³/mol. The number of methoxy groups -OCH3 is 1. The zero-order valence-corrected chi connectivity index (χ0v) is 28.4. The summed E-state index contributed by atoms with van der Waals surface area (Å²) in [6.07, 6.45) is 2.58. The molecule has 3 atom stereocenters. The summed E-state index contributed by atoms with van der Waals surface area (Å²) < 4.78 is 18.5. The van der Waals surface area contributed by atoms with Gasteiger partial charge in [0.15, 0.2) is 5.58 Å². The summed E-state index contributed by atoms with van der Waals surface area (Å²) in [6.45, 7) is 14.3. The van der Waals surface area contributed by atoms with Crippen molar-refractivity contribution in [1.82, 2.24) is 19.8 Å². The maximum absolute atomic E-state index is 9.97. The maximum atomic E-state index is 9.97. The van der Waals surface area contributed by atoms with Crippen molar-refractivity contribution < 1.29 is 24.1 Å². The Labute approximate surface area is 291 Å². The molecule has 0 amide bonds. The van der Waals surface area contributed by atoms with E-state index in [9.17, 15) is 10.2 Å². The van der Waals surface area contributed by atoms with E-state index in [4.69, 9.17) is 30.4 Å². The summed E-state index contributed by atoms with van der Waals surface area (Å²) in [5, 5.41) is 19.9. The summed E-state index contributed by atoms with van der Waals surface area (Å²) in [5.74, 6) is 1.58. The highest BCUT2D eigenvalue weighted by Gasteiger charge is 2.29. The topological polar surface area (TPSA) is 109 Å². The Balaban J connectivity index is 1.05. The van der Waals surface area contributed by atoms with E-state index in [1.807, 2.05) is 36.4 Å². The molecule has 50 heavy (non-hydrogen) atoms. The minimum absolute atomic E-state index is 0.132. The number of nitrogens with zero attached hydrogens (tertiary/aromatic N) is 5. The highest BCUT2D eigenvalue weighted by atomic mass is 16.5. The first-order chi connectivity index (χ1) is 24.4. The summed E-state index contributed by atoms with van der Waals surface area (Å²) >= 11 is 0. The lowest BCUT2D eigenvalue weighted by atomic mass is 9.91. The molecule has 0 bridgehead atoms. The molecule has 2 aromatic heterocycles. The molecule has 0 spiro atoms. The van der Waals surface area contributed by atoms with E-state index >= 15 is 0 Å². The molecule has 0 unspecified atom stereocenters. The van der Waals surface area contributed by atoms with Crippen LogP contribution >= 0.6 is 0 Å². The molecule has 10 nitrogen and oxygen atoms in total. The van der Waals surface area contributed by atoms with Crippen LogP contribution < -0.4 is 9.47 Å². The molecule has 2 fully saturated rings. The summed E-state index contributed by atoms with van der Waals surface area (Å²) in [4.78, 5) is 17.8. The fraction of sp³-hybridized carbons (Fsp3) is 0.375. The van der Waals surface area contributed by atoms with E-state index < -0.39 is 0 Å². The average Bonchev–Trinajstić information content (AvgIpc) is 3.93. The number of ether oxygens (including phenoxy) is 2. The van der Waals surface area contributed by atoms with Gasteiger partial charge in [0.2, 0.25) is 23.3 Å². The van der Waals surface area contributed by atoms with Gasteiger partial charge >= 0.3 is 0 Å². The molecule has 3 aromatic carbocycles. The third kappa shape index (κ3) is 6.22. The highest BCUT2D eigenvalue weighted by Crippen LogP contribution is 2.43. The van der Waals surface area contributed by atoms with Crippen molar-refractivity contribution in [3.8, 4) is 34.3 Å². The van der Waals surface area contributed by atoms with Gasteiger partial charge in [-0.3, -0.25) is 9.80 Å². The Morgan fingerprint density at radius 3 is 2.38 bits per heavy atom. The van der Waals surface area contributed by atoms with Gasteiger partial charge in [0.25, 0.3) is 0 Å². The third-order valence-electron chi connectivity index (χ3n) is 10.4. The zero-order chi connectivity index (χ0) is 34.4. The molecule has 2 saturated heterocycles. The van der Waals surface area contributed by atoms with Gasteiger partial charge in [-0.25, -0.2) is 9.83 Å². The molecular formula is C40H41N5O5. The Morgan fingerprint density at radius 1 is 0.900 bits per heavy atom. The van der Waals surface area contributed by atoms with Gasteiger partial charge in [-0.1, -0.05) is 30.3 Å². The van der Waals surface area contributed by atoms with Gasteiger partial charge in [0.1, 0.15) is 6.10 Å². The number of pyridine rings is 1. The molecule has 4 heterocycles. The average molecular weight is 672 g/mol. The fourth-order valence-corrected chi connectivity index (χ4v) is 7.88. The number of β-amino-alcohol motifs (C(OH)–C–C–N with tert-alkyl or cyclic N) is 2. The molecule has 0 saturated carbocycles. The fourth-order valence-electron chi connectivity index (χ4n) is 7.88. The highest BCUT2D eigenvalue weighted by molar-refractivity contribution is 5.90. The van der Waals surface area contributed by atoms with Gasteiger partial charge in [0, 0.05) is 56.5 Å². The number of aromatic nitrogens is 2. The van der Waals surface area contributed by atoms with Crippen LogP contribution in [0.1, 0.15) is 53.2 Å². The second kappa shape index (κ2) is 13.5. The molecule has 1 aliphatic carbocycles. The largest absolute Gasteiger partial charge is 0.481 e. The van der Waals surface area contributed by atoms with Crippen LogP contribution in [0.25, 0.3) is 38.5 Å². The Bertz CT molecular complexity index is 2100. The number of hydrogen-bond acceptors (Lipinski definition) is 9.